The van der Waals surface area contributed by atoms with E-state index in [1.165, 1.54) is 13.2 Å². The molecule has 74 valence electrons. The smallest absolute Gasteiger partial charge is 0.172 e. The Bertz CT molecular complexity index is 380. The van der Waals surface area contributed by atoms with Crippen LogP contribution in [0.2, 0.25) is 0 Å². The number of methoxy groups -OCH3 is 1. The summed E-state index contributed by atoms with van der Waals surface area (Å²) >= 11 is 0. The first-order valence-corrected chi connectivity index (χ1v) is 4.37. The largest absolute Gasteiger partial charge is 0.492 e. The maximum atomic E-state index is 13.4. The summed E-state index contributed by atoms with van der Waals surface area (Å²) in [5.41, 5.74) is 1.05. The van der Waals surface area contributed by atoms with Gasteiger partial charge >= 0.3 is 0 Å². The standard InChI is InChI=1S/C11H12FNO/c1-7(2)8-4-9(6-13)11(14-3)10(12)5-8/h4-5,7H,1-3H3. The predicted octanol–water partition coefficient (Wildman–Crippen LogP) is 2.83. The molecular formula is C11H12FNO. The van der Waals surface area contributed by atoms with Crippen LogP contribution < -0.4 is 4.74 Å². The van der Waals surface area contributed by atoms with Crippen LogP contribution in [0, 0.1) is 17.1 Å². The Morgan fingerprint density at radius 2 is 2.07 bits per heavy atom. The van der Waals surface area contributed by atoms with Gasteiger partial charge in [-0.25, -0.2) is 4.39 Å². The van der Waals surface area contributed by atoms with Gasteiger partial charge in [-0.1, -0.05) is 13.8 Å². The van der Waals surface area contributed by atoms with E-state index in [4.69, 9.17) is 10.00 Å². The van der Waals surface area contributed by atoms with Gasteiger partial charge in [0.1, 0.15) is 6.07 Å². The quantitative estimate of drug-likeness (QED) is 0.723. The molecule has 0 N–H and O–H groups in total. The van der Waals surface area contributed by atoms with Crippen molar-refractivity contribution in [2.45, 2.75) is 19.8 Å². The van der Waals surface area contributed by atoms with Crippen molar-refractivity contribution in [3.63, 3.8) is 0 Å². The third kappa shape index (κ3) is 1.85. The van der Waals surface area contributed by atoms with E-state index < -0.39 is 5.82 Å². The van der Waals surface area contributed by atoms with Crippen LogP contribution >= 0.6 is 0 Å². The molecular weight excluding hydrogens is 181 g/mol. The minimum Gasteiger partial charge on any atom is -0.492 e. The van der Waals surface area contributed by atoms with Gasteiger partial charge in [0.05, 0.1) is 12.7 Å². The molecule has 0 aliphatic rings. The molecule has 0 saturated heterocycles. The van der Waals surface area contributed by atoms with Gasteiger partial charge in [0.15, 0.2) is 11.6 Å². The Labute approximate surface area is 82.9 Å². The number of ether oxygens (including phenoxy) is 1. The van der Waals surface area contributed by atoms with E-state index >= 15 is 0 Å². The second-order valence-corrected chi connectivity index (χ2v) is 3.35. The molecule has 1 rings (SSSR count). The normalized spacial score (nSPS) is 10.0. The molecule has 3 heteroatoms. The van der Waals surface area contributed by atoms with Gasteiger partial charge in [-0.05, 0) is 23.6 Å². The minimum absolute atomic E-state index is 0.0249. The Morgan fingerprint density at radius 1 is 1.43 bits per heavy atom. The maximum Gasteiger partial charge on any atom is 0.172 e. The zero-order chi connectivity index (χ0) is 10.7. The van der Waals surface area contributed by atoms with Gasteiger partial charge in [0.25, 0.3) is 0 Å². The van der Waals surface area contributed by atoms with Gasteiger partial charge < -0.3 is 4.74 Å². The predicted molar refractivity (Wildman–Crippen MR) is 51.8 cm³/mol. The molecule has 1 aromatic rings. The lowest BCUT2D eigenvalue weighted by atomic mass is 10.0. The molecule has 0 radical (unpaired) electrons. The second kappa shape index (κ2) is 4.10. The van der Waals surface area contributed by atoms with E-state index in [0.29, 0.717) is 0 Å². The van der Waals surface area contributed by atoms with Crippen molar-refractivity contribution in [2.75, 3.05) is 7.11 Å². The Kier molecular flexibility index (Phi) is 3.08. The van der Waals surface area contributed by atoms with Crippen molar-refractivity contribution < 1.29 is 9.13 Å². The lowest BCUT2D eigenvalue weighted by molar-refractivity contribution is 0.384. The fourth-order valence-corrected chi connectivity index (χ4v) is 1.24. The van der Waals surface area contributed by atoms with Gasteiger partial charge in [-0.2, -0.15) is 5.26 Å². The fourth-order valence-electron chi connectivity index (χ4n) is 1.24. The fraction of sp³-hybridized carbons (Fsp3) is 0.364. The van der Waals surface area contributed by atoms with Crippen LogP contribution in [0.3, 0.4) is 0 Å². The summed E-state index contributed by atoms with van der Waals surface area (Å²) in [6, 6.07) is 4.98. The number of halogens is 1. The van der Waals surface area contributed by atoms with E-state index in [1.54, 1.807) is 6.07 Å². The van der Waals surface area contributed by atoms with Crippen LogP contribution in [0.25, 0.3) is 0 Å². The molecule has 1 aromatic carbocycles. The zero-order valence-electron chi connectivity index (χ0n) is 8.47. The third-order valence-corrected chi connectivity index (χ3v) is 2.06. The summed E-state index contributed by atoms with van der Waals surface area (Å²) in [6.07, 6.45) is 0. The molecule has 0 atom stereocenters. The highest BCUT2D eigenvalue weighted by atomic mass is 19.1. The van der Waals surface area contributed by atoms with Gasteiger partial charge in [0.2, 0.25) is 0 Å². The van der Waals surface area contributed by atoms with E-state index in [0.717, 1.165) is 5.56 Å². The molecule has 0 unspecified atom stereocenters. The summed E-state index contributed by atoms with van der Waals surface area (Å²) in [5.74, 6) is -0.255. The SMILES string of the molecule is COc1c(F)cc(C(C)C)cc1C#N. The van der Waals surface area contributed by atoms with Gasteiger partial charge in [-0.3, -0.25) is 0 Å². The van der Waals surface area contributed by atoms with Crippen LogP contribution in [0.4, 0.5) is 4.39 Å². The van der Waals surface area contributed by atoms with Crippen molar-refractivity contribution in [1.29, 1.82) is 5.26 Å². The van der Waals surface area contributed by atoms with Crippen LogP contribution in [-0.4, -0.2) is 7.11 Å². The molecule has 2 nitrogen and oxygen atoms in total. The average molecular weight is 193 g/mol. The number of rotatable bonds is 2. The highest BCUT2D eigenvalue weighted by molar-refractivity contribution is 5.47. The van der Waals surface area contributed by atoms with Crippen LogP contribution in [0.1, 0.15) is 30.9 Å². The van der Waals surface area contributed by atoms with Crippen molar-refractivity contribution in [3.8, 4) is 11.8 Å². The minimum atomic E-state index is -0.477. The molecule has 14 heavy (non-hydrogen) atoms. The van der Waals surface area contributed by atoms with Crippen LogP contribution in [0.15, 0.2) is 12.1 Å². The van der Waals surface area contributed by atoms with Crippen LogP contribution in [0.5, 0.6) is 5.75 Å². The molecule has 0 bridgehead atoms. The topological polar surface area (TPSA) is 33.0 Å². The Balaban J connectivity index is 3.33. The van der Waals surface area contributed by atoms with E-state index in [1.807, 2.05) is 19.9 Å². The second-order valence-electron chi connectivity index (χ2n) is 3.35. The molecule has 0 aliphatic heterocycles. The van der Waals surface area contributed by atoms with Crippen molar-refractivity contribution in [3.05, 3.63) is 29.1 Å². The maximum absolute atomic E-state index is 13.4. The molecule has 0 amide bonds. The number of nitriles is 1. The van der Waals surface area contributed by atoms with Gasteiger partial charge in [-0.15, -0.1) is 0 Å². The van der Waals surface area contributed by atoms with Crippen molar-refractivity contribution in [2.24, 2.45) is 0 Å². The summed E-state index contributed by atoms with van der Waals surface area (Å²) in [4.78, 5) is 0. The molecule has 0 aromatic heterocycles. The molecule has 0 spiro atoms. The Hall–Kier alpha value is -1.56. The number of hydrogen-bond acceptors (Lipinski definition) is 2. The number of hydrogen-bond donors (Lipinski definition) is 0. The summed E-state index contributed by atoms with van der Waals surface area (Å²) < 4.78 is 18.2. The summed E-state index contributed by atoms with van der Waals surface area (Å²) in [5, 5.41) is 8.78. The zero-order valence-corrected chi connectivity index (χ0v) is 8.47. The first kappa shape index (κ1) is 10.5. The molecule has 0 aliphatic carbocycles. The highest BCUT2D eigenvalue weighted by Gasteiger charge is 2.12. The van der Waals surface area contributed by atoms with E-state index in [2.05, 4.69) is 0 Å². The summed E-state index contributed by atoms with van der Waals surface area (Å²) in [7, 11) is 1.36. The number of benzene rings is 1. The lowest BCUT2D eigenvalue weighted by Crippen LogP contribution is -1.96. The van der Waals surface area contributed by atoms with E-state index in [9.17, 15) is 4.39 Å². The van der Waals surface area contributed by atoms with E-state index in [-0.39, 0.29) is 17.2 Å². The Morgan fingerprint density at radius 3 is 2.50 bits per heavy atom. The molecule has 0 saturated carbocycles. The number of nitrogens with zero attached hydrogens (tertiary/aromatic N) is 1. The molecule has 0 fully saturated rings. The first-order valence-electron chi connectivity index (χ1n) is 4.37. The van der Waals surface area contributed by atoms with Gasteiger partial charge in [0, 0.05) is 0 Å². The highest BCUT2D eigenvalue weighted by Crippen LogP contribution is 2.26. The third-order valence-electron chi connectivity index (χ3n) is 2.06. The monoisotopic (exact) mass is 193 g/mol. The average Bonchev–Trinajstić information content (AvgIpc) is 2.16. The summed E-state index contributed by atoms with van der Waals surface area (Å²) in [6.45, 7) is 3.89. The van der Waals surface area contributed by atoms with Crippen molar-refractivity contribution in [1.82, 2.24) is 0 Å². The molecule has 0 heterocycles. The first-order chi connectivity index (χ1) is 6.60. The van der Waals surface area contributed by atoms with Crippen LogP contribution in [-0.2, 0) is 0 Å². The lowest BCUT2D eigenvalue weighted by Gasteiger charge is -2.09. The van der Waals surface area contributed by atoms with Crippen molar-refractivity contribution >= 4 is 0 Å².